The van der Waals surface area contributed by atoms with Crippen LogP contribution in [-0.4, -0.2) is 43.5 Å². The summed E-state index contributed by atoms with van der Waals surface area (Å²) in [7, 11) is 0. The van der Waals surface area contributed by atoms with Crippen molar-refractivity contribution in [1.29, 1.82) is 5.26 Å². The largest absolute Gasteiger partial charge is 0.369 e. The number of aryl methyl sites for hydroxylation is 1. The van der Waals surface area contributed by atoms with Gasteiger partial charge in [-0.15, -0.1) is 11.3 Å². The molecule has 4 rings (SSSR count). The van der Waals surface area contributed by atoms with Crippen molar-refractivity contribution in [3.63, 3.8) is 0 Å². The number of nitriles is 1. The molecule has 2 aliphatic rings. The Kier molecular flexibility index (Phi) is 6.33. The first-order valence-corrected chi connectivity index (χ1v) is 11.7. The van der Waals surface area contributed by atoms with Crippen molar-refractivity contribution in [2.24, 2.45) is 5.92 Å². The number of rotatable bonds is 4. The van der Waals surface area contributed by atoms with E-state index in [2.05, 4.69) is 35.0 Å². The lowest BCUT2D eigenvalue weighted by Crippen LogP contribution is -2.48. The molecule has 1 saturated heterocycles. The summed E-state index contributed by atoms with van der Waals surface area (Å²) in [6, 6.07) is 8.31. The number of carbonyl (C=O) groups is 1. The number of fused-ring (bicyclic) bond motifs is 1. The van der Waals surface area contributed by atoms with Crippen LogP contribution in [0.5, 0.6) is 0 Å². The van der Waals surface area contributed by atoms with E-state index in [1.54, 1.807) is 11.3 Å². The standard InChI is InChI=1S/C23H27ClN4OS/c1-15-3-6-18-19(13-25)23(30-21(18)11-15)26-22(29)14-27-7-9-28(10-8-27)20-12-17(24)5-4-16(20)2/h4-5,12,15H,3,6-11,14H2,1-2H3,(H,26,29). The lowest BCUT2D eigenvalue weighted by molar-refractivity contribution is -0.117. The van der Waals surface area contributed by atoms with Crippen LogP contribution in [0.4, 0.5) is 10.7 Å². The number of nitrogens with one attached hydrogen (secondary N) is 1. The van der Waals surface area contributed by atoms with Gasteiger partial charge >= 0.3 is 0 Å². The maximum atomic E-state index is 12.7. The zero-order valence-electron chi connectivity index (χ0n) is 17.5. The first-order valence-electron chi connectivity index (χ1n) is 10.5. The van der Waals surface area contributed by atoms with E-state index in [9.17, 15) is 10.1 Å². The monoisotopic (exact) mass is 442 g/mol. The van der Waals surface area contributed by atoms with Crippen LogP contribution in [-0.2, 0) is 17.6 Å². The highest BCUT2D eigenvalue weighted by Gasteiger charge is 2.26. The van der Waals surface area contributed by atoms with Gasteiger partial charge in [-0.25, -0.2) is 0 Å². The second-order valence-corrected chi connectivity index (χ2v) is 9.95. The van der Waals surface area contributed by atoms with E-state index in [4.69, 9.17) is 11.6 Å². The predicted molar refractivity (Wildman–Crippen MR) is 124 cm³/mol. The van der Waals surface area contributed by atoms with Gasteiger partial charge in [-0.3, -0.25) is 9.69 Å². The molecular weight excluding hydrogens is 416 g/mol. The molecule has 1 aromatic carbocycles. The third-order valence-corrected chi connectivity index (χ3v) is 7.53. The molecule has 30 heavy (non-hydrogen) atoms. The molecule has 1 aliphatic heterocycles. The van der Waals surface area contributed by atoms with Crippen LogP contribution in [0.25, 0.3) is 0 Å². The second-order valence-electron chi connectivity index (χ2n) is 8.41. The van der Waals surface area contributed by atoms with Gasteiger partial charge in [0.1, 0.15) is 11.1 Å². The van der Waals surface area contributed by atoms with Gasteiger partial charge < -0.3 is 10.2 Å². The molecule has 1 unspecified atom stereocenters. The number of nitrogens with zero attached hydrogens (tertiary/aromatic N) is 3. The normalized spacial score (nSPS) is 19.3. The molecule has 2 heterocycles. The van der Waals surface area contributed by atoms with E-state index in [1.165, 1.54) is 16.1 Å². The lowest BCUT2D eigenvalue weighted by Gasteiger charge is -2.36. The maximum absolute atomic E-state index is 12.7. The Morgan fingerprint density at radius 3 is 2.83 bits per heavy atom. The van der Waals surface area contributed by atoms with E-state index >= 15 is 0 Å². The summed E-state index contributed by atoms with van der Waals surface area (Å²) in [5.74, 6) is 0.608. The Hall–Kier alpha value is -2.07. The summed E-state index contributed by atoms with van der Waals surface area (Å²) in [6.45, 7) is 8.07. The summed E-state index contributed by atoms with van der Waals surface area (Å²) in [5.41, 5.74) is 4.21. The Morgan fingerprint density at radius 1 is 1.33 bits per heavy atom. The zero-order chi connectivity index (χ0) is 21.3. The Bertz CT molecular complexity index is 988. The third kappa shape index (κ3) is 4.49. The van der Waals surface area contributed by atoms with Crippen molar-refractivity contribution < 1.29 is 4.79 Å². The molecule has 1 amide bonds. The minimum atomic E-state index is -0.0365. The molecule has 1 aromatic heterocycles. The maximum Gasteiger partial charge on any atom is 0.239 e. The molecule has 0 saturated carbocycles. The minimum absolute atomic E-state index is 0.0365. The molecule has 1 atom stereocenters. The molecule has 5 nitrogen and oxygen atoms in total. The van der Waals surface area contributed by atoms with Gasteiger partial charge in [0.25, 0.3) is 0 Å². The fourth-order valence-corrected chi connectivity index (χ4v) is 5.94. The smallest absolute Gasteiger partial charge is 0.239 e. The first-order chi connectivity index (χ1) is 14.4. The van der Waals surface area contributed by atoms with E-state index in [1.807, 2.05) is 18.2 Å². The van der Waals surface area contributed by atoms with Crippen molar-refractivity contribution in [3.05, 3.63) is 44.8 Å². The van der Waals surface area contributed by atoms with Gasteiger partial charge in [-0.2, -0.15) is 5.26 Å². The van der Waals surface area contributed by atoms with Crippen LogP contribution < -0.4 is 10.2 Å². The van der Waals surface area contributed by atoms with Gasteiger partial charge in [-0.1, -0.05) is 24.6 Å². The van der Waals surface area contributed by atoms with Crippen molar-refractivity contribution in [2.75, 3.05) is 42.9 Å². The Morgan fingerprint density at radius 2 is 2.10 bits per heavy atom. The van der Waals surface area contributed by atoms with Gasteiger partial charge in [0.05, 0.1) is 12.1 Å². The summed E-state index contributed by atoms with van der Waals surface area (Å²) in [6.07, 6.45) is 3.06. The molecule has 158 valence electrons. The topological polar surface area (TPSA) is 59.4 Å². The number of amides is 1. The van der Waals surface area contributed by atoms with Gasteiger partial charge in [0.15, 0.2) is 0 Å². The molecule has 2 aromatic rings. The number of halogens is 1. The summed E-state index contributed by atoms with van der Waals surface area (Å²) in [4.78, 5) is 18.5. The molecule has 1 aliphatic carbocycles. The predicted octanol–water partition coefficient (Wildman–Crippen LogP) is 4.47. The molecule has 7 heteroatoms. The number of anilines is 2. The minimum Gasteiger partial charge on any atom is -0.369 e. The molecular formula is C23H27ClN4OS. The van der Waals surface area contributed by atoms with Crippen molar-refractivity contribution in [3.8, 4) is 6.07 Å². The van der Waals surface area contributed by atoms with Crippen LogP contribution in [0, 0.1) is 24.2 Å². The SMILES string of the molecule is Cc1ccc(Cl)cc1N1CCN(CC(=O)Nc2sc3c(c2C#N)CCC(C)C3)CC1. The second kappa shape index (κ2) is 8.97. The summed E-state index contributed by atoms with van der Waals surface area (Å²) >= 11 is 7.76. The summed E-state index contributed by atoms with van der Waals surface area (Å²) < 4.78 is 0. The van der Waals surface area contributed by atoms with Crippen LogP contribution >= 0.6 is 22.9 Å². The van der Waals surface area contributed by atoms with E-state index in [0.29, 0.717) is 18.0 Å². The number of carbonyl (C=O) groups excluding carboxylic acids is 1. The van der Waals surface area contributed by atoms with Gasteiger partial charge in [0, 0.05) is 41.8 Å². The molecule has 1 fully saturated rings. The van der Waals surface area contributed by atoms with Gasteiger partial charge in [0.2, 0.25) is 5.91 Å². The molecule has 0 bridgehead atoms. The number of hydrogen-bond donors (Lipinski definition) is 1. The lowest BCUT2D eigenvalue weighted by atomic mass is 9.89. The fraction of sp³-hybridized carbons (Fsp3) is 0.478. The molecule has 0 spiro atoms. The average Bonchev–Trinajstić information content (AvgIpc) is 3.06. The van der Waals surface area contributed by atoms with Crippen molar-refractivity contribution in [2.45, 2.75) is 33.1 Å². The van der Waals surface area contributed by atoms with Crippen LogP contribution in [0.2, 0.25) is 5.02 Å². The first kappa shape index (κ1) is 21.2. The van der Waals surface area contributed by atoms with Crippen LogP contribution in [0.1, 0.15) is 34.9 Å². The van der Waals surface area contributed by atoms with Gasteiger partial charge in [-0.05, 0) is 55.4 Å². The van der Waals surface area contributed by atoms with Crippen molar-refractivity contribution >= 4 is 39.5 Å². The third-order valence-electron chi connectivity index (χ3n) is 6.13. The average molecular weight is 443 g/mol. The summed E-state index contributed by atoms with van der Waals surface area (Å²) in [5, 5.41) is 14.1. The highest BCUT2D eigenvalue weighted by molar-refractivity contribution is 7.16. The van der Waals surface area contributed by atoms with Crippen LogP contribution in [0.3, 0.4) is 0 Å². The Balaban J connectivity index is 1.35. The zero-order valence-corrected chi connectivity index (χ0v) is 19.1. The Labute approximate surface area is 187 Å². The van der Waals surface area contributed by atoms with Crippen molar-refractivity contribution in [1.82, 2.24) is 4.90 Å². The number of piperazine rings is 1. The molecule has 0 radical (unpaired) electrons. The number of thiophene rings is 1. The molecule has 1 N–H and O–H groups in total. The van der Waals surface area contributed by atoms with E-state index < -0.39 is 0 Å². The fourth-order valence-electron chi connectivity index (χ4n) is 4.40. The van der Waals surface area contributed by atoms with Crippen LogP contribution in [0.15, 0.2) is 18.2 Å². The quantitative estimate of drug-likeness (QED) is 0.759. The highest BCUT2D eigenvalue weighted by Crippen LogP contribution is 2.39. The number of benzene rings is 1. The van der Waals surface area contributed by atoms with E-state index in [0.717, 1.165) is 61.0 Å². The number of hydrogen-bond acceptors (Lipinski definition) is 5. The van der Waals surface area contributed by atoms with E-state index in [-0.39, 0.29) is 5.91 Å². The highest BCUT2D eigenvalue weighted by atomic mass is 35.5.